The first-order valence-electron chi connectivity index (χ1n) is 3.96. The van der Waals surface area contributed by atoms with Crippen LogP contribution in [0.15, 0.2) is 31.0 Å². The van der Waals surface area contributed by atoms with Crippen molar-refractivity contribution in [3.8, 4) is 0 Å². The molecule has 0 saturated carbocycles. The lowest BCUT2D eigenvalue weighted by atomic mass is 10.5. The second-order valence-electron chi connectivity index (χ2n) is 2.51. The molecule has 0 unspecified atom stereocenters. The quantitative estimate of drug-likeness (QED) is 0.717. The first-order chi connectivity index (χ1) is 6.86. The molecule has 0 aliphatic heterocycles. The van der Waals surface area contributed by atoms with Crippen molar-refractivity contribution in [2.75, 3.05) is 11.1 Å². The van der Waals surface area contributed by atoms with Gasteiger partial charge in [-0.3, -0.25) is 4.98 Å². The molecule has 2 rings (SSSR count). The number of nitrogens with two attached hydrogens (primary N) is 1. The van der Waals surface area contributed by atoms with Crippen LogP contribution < -0.4 is 11.1 Å². The molecule has 0 radical (unpaired) electrons. The van der Waals surface area contributed by atoms with E-state index in [9.17, 15) is 0 Å². The molecule has 0 fully saturated rings. The molecular formula is C8H8N6. The zero-order valence-corrected chi connectivity index (χ0v) is 7.25. The largest absolute Gasteiger partial charge is 0.381 e. The van der Waals surface area contributed by atoms with Gasteiger partial charge in [0.1, 0.15) is 5.82 Å². The van der Waals surface area contributed by atoms with Gasteiger partial charge in [-0.15, -0.1) is 0 Å². The lowest BCUT2D eigenvalue weighted by Gasteiger charge is -2.04. The first-order valence-corrected chi connectivity index (χ1v) is 3.96. The molecule has 6 heteroatoms. The van der Waals surface area contributed by atoms with Crippen LogP contribution in [-0.2, 0) is 0 Å². The highest BCUT2D eigenvalue weighted by Gasteiger charge is 2.00. The normalized spacial score (nSPS) is 9.71. The monoisotopic (exact) mass is 188 g/mol. The van der Waals surface area contributed by atoms with Gasteiger partial charge in [-0.1, -0.05) is 0 Å². The smallest absolute Gasteiger partial charge is 0.174 e. The van der Waals surface area contributed by atoms with Crippen molar-refractivity contribution in [3.63, 3.8) is 0 Å². The molecule has 0 atom stereocenters. The predicted octanol–water partition coefficient (Wildman–Crippen LogP) is 0.592. The number of rotatable bonds is 2. The lowest BCUT2D eigenvalue weighted by molar-refractivity contribution is 1.16. The van der Waals surface area contributed by atoms with Gasteiger partial charge in [-0.2, -0.15) is 0 Å². The summed E-state index contributed by atoms with van der Waals surface area (Å²) >= 11 is 0. The van der Waals surface area contributed by atoms with Crippen LogP contribution in [0.5, 0.6) is 0 Å². The van der Waals surface area contributed by atoms with E-state index < -0.39 is 0 Å². The van der Waals surface area contributed by atoms with Crippen molar-refractivity contribution in [2.24, 2.45) is 0 Å². The molecule has 2 aromatic rings. The summed E-state index contributed by atoms with van der Waals surface area (Å²) in [6, 6.07) is 0. The highest BCUT2D eigenvalue weighted by atomic mass is 15.1. The zero-order chi connectivity index (χ0) is 9.80. The average molecular weight is 188 g/mol. The summed E-state index contributed by atoms with van der Waals surface area (Å²) in [6.45, 7) is 0. The predicted molar refractivity (Wildman–Crippen MR) is 51.8 cm³/mol. The van der Waals surface area contributed by atoms with E-state index >= 15 is 0 Å². The molecule has 2 heterocycles. The highest BCUT2D eigenvalue weighted by Crippen LogP contribution is 2.14. The van der Waals surface area contributed by atoms with E-state index in [1.807, 2.05) is 0 Å². The molecule has 0 aromatic carbocycles. The topological polar surface area (TPSA) is 89.6 Å². The Balaban J connectivity index is 2.24. The van der Waals surface area contributed by atoms with Gasteiger partial charge < -0.3 is 11.1 Å². The molecule has 0 aliphatic carbocycles. The second-order valence-corrected chi connectivity index (χ2v) is 2.51. The van der Waals surface area contributed by atoms with Crippen molar-refractivity contribution in [3.05, 3.63) is 31.0 Å². The molecule has 70 valence electrons. The lowest BCUT2D eigenvalue weighted by Crippen LogP contribution is -2.01. The minimum Gasteiger partial charge on any atom is -0.381 e. The molecule has 0 saturated heterocycles. The van der Waals surface area contributed by atoms with E-state index in [0.29, 0.717) is 17.5 Å². The molecule has 0 amide bonds. The SMILES string of the molecule is Nc1nccnc1Nc1cnccn1. The molecule has 14 heavy (non-hydrogen) atoms. The minimum absolute atomic E-state index is 0.332. The van der Waals surface area contributed by atoms with Gasteiger partial charge in [-0.25, -0.2) is 15.0 Å². The van der Waals surface area contributed by atoms with Crippen molar-refractivity contribution in [2.45, 2.75) is 0 Å². The van der Waals surface area contributed by atoms with Crippen LogP contribution in [0.1, 0.15) is 0 Å². The fourth-order valence-corrected chi connectivity index (χ4v) is 0.930. The van der Waals surface area contributed by atoms with Gasteiger partial charge in [0, 0.05) is 24.8 Å². The molecule has 0 bridgehead atoms. The Labute approximate surface area is 80.3 Å². The minimum atomic E-state index is 0.332. The Morgan fingerprint density at radius 3 is 2.50 bits per heavy atom. The van der Waals surface area contributed by atoms with Gasteiger partial charge in [0.05, 0.1) is 6.20 Å². The Bertz CT molecular complexity index is 415. The third-order valence-electron chi connectivity index (χ3n) is 1.54. The highest BCUT2D eigenvalue weighted by molar-refractivity contribution is 5.62. The van der Waals surface area contributed by atoms with E-state index in [-0.39, 0.29) is 0 Å². The van der Waals surface area contributed by atoms with Crippen LogP contribution in [0, 0.1) is 0 Å². The number of anilines is 3. The van der Waals surface area contributed by atoms with Gasteiger partial charge >= 0.3 is 0 Å². The zero-order valence-electron chi connectivity index (χ0n) is 7.25. The third kappa shape index (κ3) is 1.74. The summed E-state index contributed by atoms with van der Waals surface area (Å²) in [7, 11) is 0. The van der Waals surface area contributed by atoms with Crippen LogP contribution in [0.2, 0.25) is 0 Å². The average Bonchev–Trinajstić information content (AvgIpc) is 2.23. The fourth-order valence-electron chi connectivity index (χ4n) is 0.930. The Kier molecular flexibility index (Phi) is 2.18. The standard InChI is InChI=1S/C8H8N6/c9-7-8(13-4-3-12-7)14-6-5-10-1-2-11-6/h1-5H,(H2,9,12)(H,11,13,14). The molecule has 0 spiro atoms. The molecule has 3 N–H and O–H groups in total. The molecule has 2 aromatic heterocycles. The number of aromatic nitrogens is 4. The molecule has 6 nitrogen and oxygen atoms in total. The number of nitrogens with one attached hydrogen (secondary N) is 1. The maximum absolute atomic E-state index is 5.58. The Morgan fingerprint density at radius 2 is 1.79 bits per heavy atom. The number of nitrogens with zero attached hydrogens (tertiary/aromatic N) is 4. The number of hydrogen-bond donors (Lipinski definition) is 2. The van der Waals surface area contributed by atoms with Crippen molar-refractivity contribution in [1.82, 2.24) is 19.9 Å². The fraction of sp³-hybridized carbons (Fsp3) is 0. The van der Waals surface area contributed by atoms with Crippen LogP contribution in [0.3, 0.4) is 0 Å². The summed E-state index contributed by atoms with van der Waals surface area (Å²) in [5.41, 5.74) is 5.58. The summed E-state index contributed by atoms with van der Waals surface area (Å²) in [4.78, 5) is 15.8. The second kappa shape index (κ2) is 3.65. The first kappa shape index (κ1) is 8.36. The summed E-state index contributed by atoms with van der Waals surface area (Å²) in [5.74, 6) is 1.39. The number of hydrogen-bond acceptors (Lipinski definition) is 6. The van der Waals surface area contributed by atoms with E-state index in [2.05, 4.69) is 25.3 Å². The molecule has 0 aliphatic rings. The molecular weight excluding hydrogens is 180 g/mol. The summed E-state index contributed by atoms with van der Waals surface area (Å²) in [5, 5.41) is 2.90. The van der Waals surface area contributed by atoms with Crippen LogP contribution in [-0.4, -0.2) is 19.9 Å². The van der Waals surface area contributed by atoms with E-state index in [1.165, 1.54) is 6.20 Å². The maximum Gasteiger partial charge on any atom is 0.174 e. The van der Waals surface area contributed by atoms with Crippen molar-refractivity contribution < 1.29 is 0 Å². The summed E-state index contributed by atoms with van der Waals surface area (Å²) in [6.07, 6.45) is 7.82. The third-order valence-corrected chi connectivity index (χ3v) is 1.54. The van der Waals surface area contributed by atoms with Crippen molar-refractivity contribution >= 4 is 17.5 Å². The van der Waals surface area contributed by atoms with Crippen molar-refractivity contribution in [1.29, 1.82) is 0 Å². The van der Waals surface area contributed by atoms with Gasteiger partial charge in [0.2, 0.25) is 0 Å². The summed E-state index contributed by atoms with van der Waals surface area (Å²) < 4.78 is 0. The van der Waals surface area contributed by atoms with Crippen LogP contribution in [0.25, 0.3) is 0 Å². The Hall–Kier alpha value is -2.24. The Morgan fingerprint density at radius 1 is 1.00 bits per heavy atom. The van der Waals surface area contributed by atoms with Gasteiger partial charge in [0.25, 0.3) is 0 Å². The van der Waals surface area contributed by atoms with E-state index in [1.54, 1.807) is 24.8 Å². The van der Waals surface area contributed by atoms with Gasteiger partial charge in [-0.05, 0) is 0 Å². The van der Waals surface area contributed by atoms with Crippen LogP contribution in [0.4, 0.5) is 17.5 Å². The van der Waals surface area contributed by atoms with Gasteiger partial charge in [0.15, 0.2) is 11.6 Å². The maximum atomic E-state index is 5.58. The number of nitrogen functional groups attached to an aromatic ring is 1. The van der Waals surface area contributed by atoms with Crippen LogP contribution >= 0.6 is 0 Å². The van der Waals surface area contributed by atoms with E-state index in [4.69, 9.17) is 5.73 Å². The van der Waals surface area contributed by atoms with E-state index in [0.717, 1.165) is 0 Å².